The maximum atomic E-state index is 13.4. The SMILES string of the molecule is Cc1ccc(NC(=O)c2cc(CN(C)C)cc(C(F)(F)F)c2)cc1-n1cc(-c2cncnc2)nn1. The van der Waals surface area contributed by atoms with Crippen LogP contribution in [0.25, 0.3) is 16.9 Å². The molecule has 2 aromatic carbocycles. The molecule has 2 heterocycles. The summed E-state index contributed by atoms with van der Waals surface area (Å²) in [6.45, 7) is 2.13. The number of aromatic nitrogens is 5. The quantitative estimate of drug-likeness (QED) is 0.440. The smallest absolute Gasteiger partial charge is 0.322 e. The highest BCUT2D eigenvalue weighted by Gasteiger charge is 2.32. The van der Waals surface area contributed by atoms with E-state index in [4.69, 9.17) is 0 Å². The molecular formula is C24H22F3N7O. The van der Waals surface area contributed by atoms with Crippen molar-refractivity contribution in [2.45, 2.75) is 19.6 Å². The molecule has 0 saturated carbocycles. The van der Waals surface area contributed by atoms with Crippen LogP contribution in [0.3, 0.4) is 0 Å². The number of amides is 1. The van der Waals surface area contributed by atoms with Gasteiger partial charge in [-0.3, -0.25) is 4.79 Å². The maximum Gasteiger partial charge on any atom is 0.416 e. The second kappa shape index (κ2) is 9.63. The van der Waals surface area contributed by atoms with Gasteiger partial charge in [0.05, 0.1) is 17.4 Å². The summed E-state index contributed by atoms with van der Waals surface area (Å²) in [6, 6.07) is 8.51. The van der Waals surface area contributed by atoms with Gasteiger partial charge in [0.2, 0.25) is 0 Å². The van der Waals surface area contributed by atoms with Crippen molar-refractivity contribution in [3.63, 3.8) is 0 Å². The Morgan fingerprint density at radius 3 is 2.51 bits per heavy atom. The molecule has 0 atom stereocenters. The summed E-state index contributed by atoms with van der Waals surface area (Å²) in [6.07, 6.45) is 1.78. The Bertz CT molecular complexity index is 1350. The van der Waals surface area contributed by atoms with Crippen LogP contribution < -0.4 is 5.32 Å². The molecule has 1 amide bonds. The number of anilines is 1. The molecule has 0 unspecified atom stereocenters. The Morgan fingerprint density at radius 2 is 1.83 bits per heavy atom. The van der Waals surface area contributed by atoms with Crippen molar-refractivity contribution < 1.29 is 18.0 Å². The number of hydrogen-bond donors (Lipinski definition) is 1. The van der Waals surface area contributed by atoms with Crippen molar-refractivity contribution in [2.75, 3.05) is 19.4 Å². The highest BCUT2D eigenvalue weighted by molar-refractivity contribution is 6.04. The number of aryl methyl sites for hydroxylation is 1. The van der Waals surface area contributed by atoms with E-state index < -0.39 is 17.6 Å². The average Bonchev–Trinajstić information content (AvgIpc) is 3.30. The largest absolute Gasteiger partial charge is 0.416 e. The molecule has 0 aliphatic heterocycles. The molecule has 35 heavy (non-hydrogen) atoms. The van der Waals surface area contributed by atoms with E-state index in [1.807, 2.05) is 6.92 Å². The van der Waals surface area contributed by atoms with Gasteiger partial charge in [0.1, 0.15) is 12.0 Å². The molecule has 8 nitrogen and oxygen atoms in total. The zero-order valence-electron chi connectivity index (χ0n) is 19.2. The third kappa shape index (κ3) is 5.69. The van der Waals surface area contributed by atoms with Crippen molar-refractivity contribution in [1.29, 1.82) is 0 Å². The molecule has 2 aromatic heterocycles. The van der Waals surface area contributed by atoms with Crippen molar-refractivity contribution in [1.82, 2.24) is 29.9 Å². The van der Waals surface area contributed by atoms with Crippen molar-refractivity contribution in [3.8, 4) is 16.9 Å². The first kappa shape index (κ1) is 24.0. The third-order valence-electron chi connectivity index (χ3n) is 5.14. The minimum Gasteiger partial charge on any atom is -0.322 e. The number of alkyl halides is 3. The van der Waals surface area contributed by atoms with E-state index in [2.05, 4.69) is 25.6 Å². The normalized spacial score (nSPS) is 11.6. The zero-order chi connectivity index (χ0) is 25.2. The summed E-state index contributed by atoms with van der Waals surface area (Å²) >= 11 is 0. The zero-order valence-corrected chi connectivity index (χ0v) is 19.2. The monoisotopic (exact) mass is 481 g/mol. The lowest BCUT2D eigenvalue weighted by atomic mass is 10.0. The molecule has 1 N–H and O–H groups in total. The molecule has 0 aliphatic rings. The van der Waals surface area contributed by atoms with Gasteiger partial charge in [-0.25, -0.2) is 14.6 Å². The van der Waals surface area contributed by atoms with Gasteiger partial charge in [0.25, 0.3) is 5.91 Å². The van der Waals surface area contributed by atoms with Crippen LogP contribution in [0.15, 0.2) is 61.3 Å². The fourth-order valence-corrected chi connectivity index (χ4v) is 3.53. The Morgan fingerprint density at radius 1 is 1.09 bits per heavy atom. The van der Waals surface area contributed by atoms with Crippen LogP contribution in [0.1, 0.15) is 27.0 Å². The molecule has 0 saturated heterocycles. The van der Waals surface area contributed by atoms with Crippen LogP contribution in [-0.4, -0.2) is 49.9 Å². The molecule has 0 aliphatic carbocycles. The summed E-state index contributed by atoms with van der Waals surface area (Å²) in [7, 11) is 3.49. The minimum atomic E-state index is -4.57. The molecule has 0 spiro atoms. The first-order valence-corrected chi connectivity index (χ1v) is 10.6. The van der Waals surface area contributed by atoms with Gasteiger partial charge in [-0.1, -0.05) is 11.3 Å². The number of halogens is 3. The highest BCUT2D eigenvalue weighted by atomic mass is 19.4. The van der Waals surface area contributed by atoms with Crippen molar-refractivity contribution in [2.24, 2.45) is 0 Å². The van der Waals surface area contributed by atoms with Gasteiger partial charge in [-0.05, 0) is 62.5 Å². The van der Waals surface area contributed by atoms with Gasteiger partial charge < -0.3 is 10.2 Å². The molecule has 0 radical (unpaired) electrons. The summed E-state index contributed by atoms with van der Waals surface area (Å²) in [5.74, 6) is -0.647. The number of nitrogens with zero attached hydrogens (tertiary/aromatic N) is 6. The van der Waals surface area contributed by atoms with Crippen LogP contribution in [0, 0.1) is 6.92 Å². The number of carbonyl (C=O) groups is 1. The van der Waals surface area contributed by atoms with Gasteiger partial charge >= 0.3 is 6.18 Å². The first-order valence-electron chi connectivity index (χ1n) is 10.6. The lowest BCUT2D eigenvalue weighted by Crippen LogP contribution is -2.17. The molecule has 0 fully saturated rings. The molecule has 11 heteroatoms. The second-order valence-electron chi connectivity index (χ2n) is 8.29. The van der Waals surface area contributed by atoms with Gasteiger partial charge in [-0.2, -0.15) is 13.2 Å². The number of hydrogen-bond acceptors (Lipinski definition) is 6. The van der Waals surface area contributed by atoms with E-state index >= 15 is 0 Å². The van der Waals surface area contributed by atoms with E-state index in [9.17, 15) is 18.0 Å². The fraction of sp³-hybridized carbons (Fsp3) is 0.208. The van der Waals surface area contributed by atoms with Crippen molar-refractivity contribution >= 4 is 11.6 Å². The summed E-state index contributed by atoms with van der Waals surface area (Å²) in [5.41, 5.74) is 2.61. The van der Waals surface area contributed by atoms with Gasteiger partial charge in [0.15, 0.2) is 0 Å². The lowest BCUT2D eigenvalue weighted by Gasteiger charge is -2.15. The van der Waals surface area contributed by atoms with E-state index in [1.54, 1.807) is 60.5 Å². The predicted molar refractivity (Wildman–Crippen MR) is 124 cm³/mol. The lowest BCUT2D eigenvalue weighted by molar-refractivity contribution is -0.137. The Balaban J connectivity index is 1.62. The topological polar surface area (TPSA) is 88.8 Å². The minimum absolute atomic E-state index is 0.0779. The van der Waals surface area contributed by atoms with Gasteiger partial charge in [-0.15, -0.1) is 5.10 Å². The molecule has 4 aromatic rings. The Hall–Kier alpha value is -4.12. The van der Waals surface area contributed by atoms with Crippen molar-refractivity contribution in [3.05, 3.63) is 83.6 Å². The fourth-order valence-electron chi connectivity index (χ4n) is 3.53. The molecule has 180 valence electrons. The predicted octanol–water partition coefficient (Wildman–Crippen LogP) is 4.37. The maximum absolute atomic E-state index is 13.4. The van der Waals surface area contributed by atoms with Crippen LogP contribution in [0.4, 0.5) is 18.9 Å². The summed E-state index contributed by atoms with van der Waals surface area (Å²) in [5, 5.41) is 11.0. The Labute approximate surface area is 199 Å². The standard InChI is InChI=1S/C24H22F3N7O/c1-15-4-5-20(9-22(15)34-13-21(31-32-34)18-10-28-14-29-11-18)30-23(35)17-6-16(12-33(2)3)7-19(8-17)24(25,26)27/h4-11,13-14H,12H2,1-3H3,(H,30,35). The molecule has 0 bridgehead atoms. The van der Waals surface area contributed by atoms with E-state index in [0.29, 0.717) is 28.2 Å². The molecular weight excluding hydrogens is 459 g/mol. The van der Waals surface area contributed by atoms with E-state index in [1.165, 1.54) is 12.4 Å². The van der Waals surface area contributed by atoms with Crippen LogP contribution in [0.2, 0.25) is 0 Å². The molecule has 4 rings (SSSR count). The number of rotatable bonds is 6. The van der Waals surface area contributed by atoms with Crippen LogP contribution >= 0.6 is 0 Å². The summed E-state index contributed by atoms with van der Waals surface area (Å²) in [4.78, 5) is 22.6. The first-order chi connectivity index (χ1) is 16.6. The van der Waals surface area contributed by atoms with E-state index in [-0.39, 0.29) is 12.1 Å². The van der Waals surface area contributed by atoms with E-state index in [0.717, 1.165) is 17.7 Å². The van der Waals surface area contributed by atoms with Crippen LogP contribution in [0.5, 0.6) is 0 Å². The Kier molecular flexibility index (Phi) is 6.61. The number of carbonyl (C=O) groups excluding carboxylic acids is 1. The average molecular weight is 481 g/mol. The second-order valence-corrected chi connectivity index (χ2v) is 8.29. The number of benzene rings is 2. The summed E-state index contributed by atoms with van der Waals surface area (Å²) < 4.78 is 41.8. The van der Waals surface area contributed by atoms with Crippen LogP contribution in [-0.2, 0) is 12.7 Å². The van der Waals surface area contributed by atoms with Gasteiger partial charge in [0, 0.05) is 35.8 Å². The number of nitrogens with one attached hydrogen (secondary N) is 1. The highest BCUT2D eigenvalue weighted by Crippen LogP contribution is 2.31. The third-order valence-corrected chi connectivity index (χ3v) is 5.14.